The average molecular weight is 471 g/mol. The summed E-state index contributed by atoms with van der Waals surface area (Å²) in [5, 5.41) is 2.12. The molecule has 1 unspecified atom stereocenters. The number of ether oxygens (including phenoxy) is 1. The van der Waals surface area contributed by atoms with Crippen LogP contribution in [0.4, 0.5) is 24.5 Å². The number of thioether (sulfide) groups is 1. The van der Waals surface area contributed by atoms with Gasteiger partial charge in [-0.15, -0.1) is 0 Å². The predicted octanol–water partition coefficient (Wildman–Crippen LogP) is 4.47. The number of fused-ring (bicyclic) bond motifs is 3. The van der Waals surface area contributed by atoms with E-state index in [4.69, 9.17) is 16.3 Å². The number of halogens is 4. The molecule has 1 fully saturated rings. The molecule has 2 aromatic carbocycles. The van der Waals surface area contributed by atoms with E-state index in [2.05, 4.69) is 5.32 Å². The molecule has 0 spiro atoms. The maximum Gasteiger partial charge on any atom is 0.416 e. The smallest absolute Gasteiger partial charge is 0.416 e. The van der Waals surface area contributed by atoms with Gasteiger partial charge in [0.25, 0.3) is 5.91 Å². The number of anilines is 2. The highest BCUT2D eigenvalue weighted by Gasteiger charge is 2.58. The standard InChI is InChI=1S/C20H14ClF3N2O4S/c21-12-6-5-11(20(22,23)24)9-13(12)25-16(27)10-30-18(29)19-8-7-17(28)26(19)14-3-1-2-4-15(14)31-19/h1-6,9H,7-8,10H2,(H,25,27). The molecule has 2 aliphatic rings. The Morgan fingerprint density at radius 2 is 1.97 bits per heavy atom. The summed E-state index contributed by atoms with van der Waals surface area (Å²) in [5.41, 5.74) is -0.633. The monoisotopic (exact) mass is 470 g/mol. The zero-order valence-electron chi connectivity index (χ0n) is 15.7. The number of nitrogens with zero attached hydrogens (tertiary/aromatic N) is 1. The lowest BCUT2D eigenvalue weighted by molar-refractivity contribution is -0.149. The number of carbonyl (C=O) groups is 3. The van der Waals surface area contributed by atoms with Gasteiger partial charge in [0.1, 0.15) is 0 Å². The Kier molecular flexibility index (Phi) is 5.38. The average Bonchev–Trinajstić information content (AvgIpc) is 3.22. The number of hydrogen-bond donors (Lipinski definition) is 1. The summed E-state index contributed by atoms with van der Waals surface area (Å²) in [6, 6.07) is 9.53. The molecular weight excluding hydrogens is 457 g/mol. The van der Waals surface area contributed by atoms with E-state index in [-0.39, 0.29) is 29.5 Å². The quantitative estimate of drug-likeness (QED) is 0.667. The second-order valence-corrected chi connectivity index (χ2v) is 8.63. The number of rotatable bonds is 4. The molecule has 0 bridgehead atoms. The second kappa shape index (κ2) is 7.76. The van der Waals surface area contributed by atoms with Crippen LogP contribution in [0.5, 0.6) is 0 Å². The predicted molar refractivity (Wildman–Crippen MR) is 108 cm³/mol. The van der Waals surface area contributed by atoms with E-state index < -0.39 is 35.1 Å². The Labute approximate surface area is 183 Å². The normalized spacial score (nSPS) is 19.7. The van der Waals surface area contributed by atoms with Gasteiger partial charge in [-0.25, -0.2) is 4.79 Å². The van der Waals surface area contributed by atoms with Gasteiger partial charge in [-0.3, -0.25) is 14.5 Å². The zero-order chi connectivity index (χ0) is 22.4. The highest BCUT2D eigenvalue weighted by molar-refractivity contribution is 8.02. The van der Waals surface area contributed by atoms with Gasteiger partial charge in [-0.05, 0) is 30.3 Å². The lowest BCUT2D eigenvalue weighted by Crippen LogP contribution is -2.48. The summed E-state index contributed by atoms with van der Waals surface area (Å²) in [4.78, 5) is 38.3. The number of carbonyl (C=O) groups excluding carboxylic acids is 3. The molecule has 4 rings (SSSR count). The molecule has 0 aliphatic carbocycles. The van der Waals surface area contributed by atoms with Crippen molar-refractivity contribution < 1.29 is 32.3 Å². The minimum absolute atomic E-state index is 0.0966. The van der Waals surface area contributed by atoms with Crippen LogP contribution in [-0.2, 0) is 25.3 Å². The first-order chi connectivity index (χ1) is 14.6. The zero-order valence-corrected chi connectivity index (χ0v) is 17.2. The van der Waals surface area contributed by atoms with Gasteiger partial charge in [0.2, 0.25) is 5.91 Å². The third-order valence-electron chi connectivity index (χ3n) is 4.89. The fraction of sp³-hybridized carbons (Fsp3) is 0.250. The number of hydrogen-bond acceptors (Lipinski definition) is 5. The Balaban J connectivity index is 1.45. The van der Waals surface area contributed by atoms with Gasteiger partial charge < -0.3 is 10.1 Å². The molecule has 1 atom stereocenters. The van der Waals surface area contributed by atoms with Gasteiger partial charge in [0.05, 0.1) is 22.0 Å². The largest absolute Gasteiger partial charge is 0.453 e. The van der Waals surface area contributed by atoms with Crippen LogP contribution < -0.4 is 10.2 Å². The van der Waals surface area contributed by atoms with Crippen molar-refractivity contribution in [2.24, 2.45) is 0 Å². The lowest BCUT2D eigenvalue weighted by atomic mass is 10.2. The van der Waals surface area contributed by atoms with E-state index in [0.717, 1.165) is 17.0 Å². The number of benzene rings is 2. The molecule has 162 valence electrons. The third-order valence-corrected chi connectivity index (χ3v) is 6.68. The molecule has 2 aromatic rings. The number of esters is 1. The summed E-state index contributed by atoms with van der Waals surface area (Å²) in [6.07, 6.45) is -4.24. The first-order valence-corrected chi connectivity index (χ1v) is 10.3. The summed E-state index contributed by atoms with van der Waals surface area (Å²) < 4.78 is 43.8. The minimum atomic E-state index is -4.61. The van der Waals surface area contributed by atoms with Crippen molar-refractivity contribution in [1.29, 1.82) is 0 Å². The second-order valence-electron chi connectivity index (χ2n) is 6.90. The summed E-state index contributed by atoms with van der Waals surface area (Å²) in [5.74, 6) is -1.86. The Morgan fingerprint density at radius 3 is 2.71 bits per heavy atom. The Morgan fingerprint density at radius 1 is 1.23 bits per heavy atom. The summed E-state index contributed by atoms with van der Waals surface area (Å²) >= 11 is 7.04. The molecule has 0 radical (unpaired) electrons. The van der Waals surface area contributed by atoms with Gasteiger partial charge in [0, 0.05) is 17.7 Å². The van der Waals surface area contributed by atoms with Crippen LogP contribution in [0.15, 0.2) is 47.4 Å². The summed E-state index contributed by atoms with van der Waals surface area (Å²) in [7, 11) is 0. The third kappa shape index (κ3) is 3.85. The van der Waals surface area contributed by atoms with Crippen molar-refractivity contribution in [2.75, 3.05) is 16.8 Å². The molecule has 0 saturated carbocycles. The Bertz CT molecular complexity index is 1090. The lowest BCUT2D eigenvalue weighted by Gasteiger charge is -2.28. The van der Waals surface area contributed by atoms with Crippen molar-refractivity contribution in [3.8, 4) is 0 Å². The molecule has 11 heteroatoms. The van der Waals surface area contributed by atoms with Crippen LogP contribution in [0.25, 0.3) is 0 Å². The van der Waals surface area contributed by atoms with E-state index in [1.807, 2.05) is 0 Å². The van der Waals surface area contributed by atoms with Crippen molar-refractivity contribution in [3.63, 3.8) is 0 Å². The molecule has 1 N–H and O–H groups in total. The van der Waals surface area contributed by atoms with Crippen LogP contribution in [0.1, 0.15) is 18.4 Å². The molecule has 2 aliphatic heterocycles. The van der Waals surface area contributed by atoms with Crippen molar-refractivity contribution in [1.82, 2.24) is 0 Å². The number of nitrogens with one attached hydrogen (secondary N) is 1. The van der Waals surface area contributed by atoms with Gasteiger partial charge in [-0.2, -0.15) is 13.2 Å². The van der Waals surface area contributed by atoms with E-state index >= 15 is 0 Å². The Hall–Kier alpha value is -2.72. The van der Waals surface area contributed by atoms with Gasteiger partial charge in [-0.1, -0.05) is 35.5 Å². The summed E-state index contributed by atoms with van der Waals surface area (Å²) in [6.45, 7) is -0.744. The fourth-order valence-corrected chi connectivity index (χ4v) is 5.08. The van der Waals surface area contributed by atoms with Crippen molar-refractivity contribution in [3.05, 3.63) is 53.1 Å². The molecule has 0 aromatic heterocycles. The molecule has 6 nitrogen and oxygen atoms in total. The molecule has 2 amide bonds. The van der Waals surface area contributed by atoms with Crippen LogP contribution in [0.3, 0.4) is 0 Å². The van der Waals surface area contributed by atoms with E-state index in [0.29, 0.717) is 11.8 Å². The van der Waals surface area contributed by atoms with Crippen molar-refractivity contribution >= 4 is 52.5 Å². The van der Waals surface area contributed by atoms with Gasteiger partial charge in [0.15, 0.2) is 11.5 Å². The topological polar surface area (TPSA) is 75.7 Å². The first-order valence-electron chi connectivity index (χ1n) is 9.07. The molecular formula is C20H14ClF3N2O4S. The van der Waals surface area contributed by atoms with Crippen LogP contribution in [0.2, 0.25) is 5.02 Å². The highest BCUT2D eigenvalue weighted by Crippen LogP contribution is 2.56. The van der Waals surface area contributed by atoms with E-state index in [1.54, 1.807) is 24.3 Å². The SMILES string of the molecule is O=C(COC(=O)C12CCC(=O)N1c1ccccc1S2)Nc1cc(C(F)(F)F)ccc1Cl. The molecule has 31 heavy (non-hydrogen) atoms. The number of amides is 2. The van der Waals surface area contributed by atoms with Crippen LogP contribution >= 0.6 is 23.4 Å². The van der Waals surface area contributed by atoms with Crippen LogP contribution in [-0.4, -0.2) is 29.3 Å². The fourth-order valence-electron chi connectivity index (χ4n) is 3.50. The minimum Gasteiger partial charge on any atom is -0.453 e. The number of para-hydroxylation sites is 1. The van der Waals surface area contributed by atoms with Crippen molar-refractivity contribution in [2.45, 2.75) is 28.8 Å². The van der Waals surface area contributed by atoms with E-state index in [1.165, 1.54) is 16.7 Å². The van der Waals surface area contributed by atoms with Gasteiger partial charge >= 0.3 is 12.1 Å². The molecule has 2 heterocycles. The van der Waals surface area contributed by atoms with Crippen LogP contribution in [0, 0.1) is 0 Å². The van der Waals surface area contributed by atoms with E-state index in [9.17, 15) is 27.6 Å². The number of alkyl halides is 3. The maximum atomic E-state index is 12.9. The molecule has 1 saturated heterocycles. The highest BCUT2D eigenvalue weighted by atomic mass is 35.5. The first kappa shape index (κ1) is 21.5. The maximum absolute atomic E-state index is 12.9.